The lowest BCUT2D eigenvalue weighted by atomic mass is 9.92. The molecular weight excluding hydrogens is 409 g/mol. The van der Waals surface area contributed by atoms with E-state index in [-0.39, 0.29) is 17.8 Å². The third-order valence-electron chi connectivity index (χ3n) is 5.60. The van der Waals surface area contributed by atoms with Gasteiger partial charge in [0, 0.05) is 35.3 Å². The molecule has 2 N–H and O–H groups in total. The highest BCUT2D eigenvalue weighted by atomic mass is 19.1. The third kappa shape index (κ3) is 4.29. The molecule has 0 bridgehead atoms. The number of benzene rings is 2. The van der Waals surface area contributed by atoms with Crippen LogP contribution in [-0.2, 0) is 11.2 Å². The van der Waals surface area contributed by atoms with E-state index in [2.05, 4.69) is 4.98 Å². The average molecular weight is 431 g/mol. The zero-order valence-corrected chi connectivity index (χ0v) is 17.5. The Bertz CT molecular complexity index is 1180. The Kier molecular flexibility index (Phi) is 6.09. The van der Waals surface area contributed by atoms with Crippen molar-refractivity contribution in [2.75, 3.05) is 4.90 Å². The molecule has 0 fully saturated rings. The molecule has 6 nitrogen and oxygen atoms in total. The van der Waals surface area contributed by atoms with Crippen LogP contribution in [0.4, 0.5) is 10.1 Å². The Morgan fingerprint density at radius 2 is 1.78 bits per heavy atom. The molecule has 2 aromatic carbocycles. The number of amides is 2. The summed E-state index contributed by atoms with van der Waals surface area (Å²) in [7, 11) is 0. The molecule has 1 unspecified atom stereocenters. The second-order valence-electron chi connectivity index (χ2n) is 7.69. The summed E-state index contributed by atoms with van der Waals surface area (Å²) in [6.45, 7) is 1.98. The van der Waals surface area contributed by atoms with Crippen LogP contribution in [0, 0.1) is 5.82 Å². The number of anilines is 1. The number of aromatic nitrogens is 1. The van der Waals surface area contributed by atoms with Gasteiger partial charge in [-0.3, -0.25) is 19.8 Å². The minimum atomic E-state index is -0.603. The standard InChI is InChI=1S/C25H22FN3O3/c1-16-2-3-19-15-20(24(30)28-32)6-9-23(19)29(16)25(31)22(14-17-10-12-27-13-11-17)18-4-7-21(26)8-5-18/h4-16,32H,2-3H2,1H3,(H,28,30). The zero-order valence-electron chi connectivity index (χ0n) is 17.5. The first-order valence-electron chi connectivity index (χ1n) is 10.3. The molecule has 0 radical (unpaired) electrons. The average Bonchev–Trinajstić information content (AvgIpc) is 2.82. The van der Waals surface area contributed by atoms with Gasteiger partial charge in [-0.15, -0.1) is 0 Å². The summed E-state index contributed by atoms with van der Waals surface area (Å²) in [5, 5.41) is 8.93. The van der Waals surface area contributed by atoms with Crippen LogP contribution in [0.5, 0.6) is 0 Å². The first-order chi connectivity index (χ1) is 15.5. The first kappa shape index (κ1) is 21.4. The van der Waals surface area contributed by atoms with Gasteiger partial charge < -0.3 is 4.90 Å². The van der Waals surface area contributed by atoms with E-state index in [0.29, 0.717) is 28.8 Å². The molecule has 0 aliphatic carbocycles. The fourth-order valence-electron chi connectivity index (χ4n) is 3.92. The zero-order chi connectivity index (χ0) is 22.7. The molecule has 1 atom stereocenters. The Hall–Kier alpha value is -3.84. The Morgan fingerprint density at radius 3 is 2.47 bits per heavy atom. The predicted octanol–water partition coefficient (Wildman–Crippen LogP) is 4.25. The largest absolute Gasteiger partial charge is 0.305 e. The van der Waals surface area contributed by atoms with E-state index in [1.807, 2.05) is 6.92 Å². The summed E-state index contributed by atoms with van der Waals surface area (Å²) in [5.41, 5.74) is 5.34. The molecule has 1 aromatic heterocycles. The summed E-state index contributed by atoms with van der Waals surface area (Å²) < 4.78 is 13.6. The lowest BCUT2D eigenvalue weighted by Gasteiger charge is -2.36. The second kappa shape index (κ2) is 9.11. The van der Waals surface area contributed by atoms with Crippen molar-refractivity contribution < 1.29 is 19.2 Å². The maximum absolute atomic E-state index is 13.9. The number of pyridine rings is 1. The van der Waals surface area contributed by atoms with E-state index < -0.39 is 5.91 Å². The van der Waals surface area contributed by atoms with Crippen molar-refractivity contribution in [2.45, 2.75) is 25.8 Å². The number of hydrogen-bond acceptors (Lipinski definition) is 4. The van der Waals surface area contributed by atoms with Crippen LogP contribution in [0.3, 0.4) is 0 Å². The number of rotatable bonds is 4. The van der Waals surface area contributed by atoms with E-state index in [1.165, 1.54) is 12.1 Å². The topological polar surface area (TPSA) is 82.5 Å². The van der Waals surface area contributed by atoms with Gasteiger partial charge in [0.2, 0.25) is 0 Å². The van der Waals surface area contributed by atoms with E-state index >= 15 is 0 Å². The molecule has 4 rings (SSSR count). The lowest BCUT2D eigenvalue weighted by molar-refractivity contribution is -0.113. The van der Waals surface area contributed by atoms with Gasteiger partial charge >= 0.3 is 0 Å². The van der Waals surface area contributed by atoms with Crippen molar-refractivity contribution in [3.63, 3.8) is 0 Å². The SMILES string of the molecule is CC1CCc2cc(C(=O)NO)ccc2N1C(=O)C(=Cc1ccncc1)c1ccc(F)cc1. The number of hydrogen-bond donors (Lipinski definition) is 2. The number of fused-ring (bicyclic) bond motifs is 1. The van der Waals surface area contributed by atoms with Crippen molar-refractivity contribution in [3.05, 3.63) is 95.1 Å². The number of hydroxylamine groups is 1. The van der Waals surface area contributed by atoms with Crippen molar-refractivity contribution in [3.8, 4) is 0 Å². The monoisotopic (exact) mass is 431 g/mol. The summed E-state index contributed by atoms with van der Waals surface area (Å²) in [5.74, 6) is -1.20. The molecule has 7 heteroatoms. The highest BCUT2D eigenvalue weighted by Crippen LogP contribution is 2.34. The molecule has 0 saturated carbocycles. The maximum atomic E-state index is 13.9. The minimum Gasteiger partial charge on any atom is -0.305 e. The maximum Gasteiger partial charge on any atom is 0.274 e. The highest BCUT2D eigenvalue weighted by Gasteiger charge is 2.31. The van der Waals surface area contributed by atoms with Gasteiger partial charge in [-0.05, 0) is 85.0 Å². The summed E-state index contributed by atoms with van der Waals surface area (Å²) in [4.78, 5) is 31.4. The normalized spacial score (nSPS) is 15.8. The second-order valence-corrected chi connectivity index (χ2v) is 7.69. The van der Waals surface area contributed by atoms with Crippen LogP contribution in [0.1, 0.15) is 40.4 Å². The number of aryl methyl sites for hydroxylation is 1. The Morgan fingerprint density at radius 1 is 1.09 bits per heavy atom. The molecule has 3 aromatic rings. The first-order valence-corrected chi connectivity index (χ1v) is 10.3. The van der Waals surface area contributed by atoms with Gasteiger partial charge in [-0.1, -0.05) is 12.1 Å². The van der Waals surface area contributed by atoms with Crippen LogP contribution in [-0.4, -0.2) is 28.0 Å². The lowest BCUT2D eigenvalue weighted by Crippen LogP contribution is -2.42. The van der Waals surface area contributed by atoms with E-state index in [0.717, 1.165) is 17.5 Å². The number of carbonyl (C=O) groups excluding carboxylic acids is 2. The fraction of sp³-hybridized carbons (Fsp3) is 0.160. The molecule has 0 saturated heterocycles. The van der Waals surface area contributed by atoms with Crippen LogP contribution in [0.15, 0.2) is 67.0 Å². The minimum absolute atomic E-state index is 0.0752. The summed E-state index contributed by atoms with van der Waals surface area (Å²) in [6.07, 6.45) is 6.48. The highest BCUT2D eigenvalue weighted by molar-refractivity contribution is 6.30. The molecule has 1 aliphatic rings. The quantitative estimate of drug-likeness (QED) is 0.368. The number of halogens is 1. The van der Waals surface area contributed by atoms with Gasteiger partial charge in [0.05, 0.1) is 0 Å². The van der Waals surface area contributed by atoms with Crippen LogP contribution >= 0.6 is 0 Å². The van der Waals surface area contributed by atoms with Crippen molar-refractivity contribution >= 4 is 29.2 Å². The molecule has 2 heterocycles. The van der Waals surface area contributed by atoms with Gasteiger partial charge in [0.15, 0.2) is 0 Å². The fourth-order valence-corrected chi connectivity index (χ4v) is 3.92. The van der Waals surface area contributed by atoms with E-state index in [9.17, 15) is 14.0 Å². The van der Waals surface area contributed by atoms with Gasteiger partial charge in [-0.25, -0.2) is 9.87 Å². The van der Waals surface area contributed by atoms with Crippen molar-refractivity contribution in [1.29, 1.82) is 0 Å². The number of nitrogens with zero attached hydrogens (tertiary/aromatic N) is 2. The molecule has 162 valence electrons. The van der Waals surface area contributed by atoms with E-state index in [4.69, 9.17) is 5.21 Å². The third-order valence-corrected chi connectivity index (χ3v) is 5.60. The van der Waals surface area contributed by atoms with Gasteiger partial charge in [0.25, 0.3) is 11.8 Å². The molecule has 1 aliphatic heterocycles. The Labute approximate surface area is 185 Å². The molecule has 0 spiro atoms. The molecule has 32 heavy (non-hydrogen) atoms. The van der Waals surface area contributed by atoms with E-state index in [1.54, 1.807) is 71.3 Å². The molecule has 2 amide bonds. The van der Waals surface area contributed by atoms with Crippen LogP contribution in [0.2, 0.25) is 0 Å². The van der Waals surface area contributed by atoms with Crippen molar-refractivity contribution in [2.24, 2.45) is 0 Å². The molecular formula is C25H22FN3O3. The Balaban J connectivity index is 1.79. The van der Waals surface area contributed by atoms with Gasteiger partial charge in [-0.2, -0.15) is 0 Å². The van der Waals surface area contributed by atoms with Crippen molar-refractivity contribution in [1.82, 2.24) is 10.5 Å². The predicted molar refractivity (Wildman–Crippen MR) is 119 cm³/mol. The number of carbonyl (C=O) groups is 2. The summed E-state index contributed by atoms with van der Waals surface area (Å²) in [6, 6.07) is 14.3. The smallest absolute Gasteiger partial charge is 0.274 e. The summed E-state index contributed by atoms with van der Waals surface area (Å²) >= 11 is 0. The van der Waals surface area contributed by atoms with Crippen LogP contribution < -0.4 is 10.4 Å². The van der Waals surface area contributed by atoms with Gasteiger partial charge in [0.1, 0.15) is 5.82 Å². The number of nitrogens with one attached hydrogen (secondary N) is 1. The van der Waals surface area contributed by atoms with Crippen LogP contribution in [0.25, 0.3) is 11.6 Å².